The normalized spacial score (nSPS) is 12.7. The number of aromatic nitrogens is 2. The number of hydrogen-bond acceptors (Lipinski definition) is 4. The number of rotatable bonds is 6. The van der Waals surface area contributed by atoms with Crippen molar-refractivity contribution in [2.24, 2.45) is 5.73 Å². The quantitative estimate of drug-likeness (QED) is 0.682. The lowest BCUT2D eigenvalue weighted by atomic mass is 10.1. The van der Waals surface area contributed by atoms with E-state index >= 15 is 0 Å². The molecule has 1 atom stereocenters. The van der Waals surface area contributed by atoms with Gasteiger partial charge in [0.2, 0.25) is 0 Å². The molecule has 0 saturated heterocycles. The van der Waals surface area contributed by atoms with E-state index in [1.807, 2.05) is 17.5 Å². The van der Waals surface area contributed by atoms with Gasteiger partial charge in [0.1, 0.15) is 11.8 Å². The van der Waals surface area contributed by atoms with Crippen LogP contribution in [-0.2, 0) is 13.0 Å². The van der Waals surface area contributed by atoms with Crippen molar-refractivity contribution in [3.05, 3.63) is 50.4 Å². The highest BCUT2D eigenvalue weighted by atomic mass is 35.5. The van der Waals surface area contributed by atoms with Crippen LogP contribution in [-0.4, -0.2) is 22.3 Å². The maximum Gasteiger partial charge on any atom is 0.152 e. The van der Waals surface area contributed by atoms with Gasteiger partial charge in [0.05, 0.1) is 11.2 Å². The molecule has 0 unspecified atom stereocenters. The van der Waals surface area contributed by atoms with E-state index in [0.29, 0.717) is 23.3 Å². The van der Waals surface area contributed by atoms with Crippen molar-refractivity contribution < 1.29 is 4.39 Å². The van der Waals surface area contributed by atoms with Crippen LogP contribution in [0.25, 0.3) is 5.52 Å². The molecular weight excluding hydrogens is 358 g/mol. The Labute approximate surface area is 147 Å². The molecule has 0 fully saturated rings. The SMILES string of the molecule is N[C@@H](CF)Cc1cc2c(NCc3cccs3)cc(Cl)nn2c1Cl. The molecule has 3 N–H and O–H groups in total. The molecule has 0 spiro atoms. The number of alkyl halides is 1. The van der Waals surface area contributed by atoms with E-state index in [-0.39, 0.29) is 0 Å². The Balaban J connectivity index is 1.95. The van der Waals surface area contributed by atoms with Crippen molar-refractivity contribution in [1.29, 1.82) is 0 Å². The molecule has 0 aliphatic heterocycles. The summed E-state index contributed by atoms with van der Waals surface area (Å²) in [6.07, 6.45) is 0.348. The van der Waals surface area contributed by atoms with Crippen molar-refractivity contribution in [3.8, 4) is 0 Å². The highest BCUT2D eigenvalue weighted by Gasteiger charge is 2.16. The molecule has 0 radical (unpaired) electrons. The zero-order valence-electron chi connectivity index (χ0n) is 12.1. The van der Waals surface area contributed by atoms with Gasteiger partial charge in [0.15, 0.2) is 5.15 Å². The van der Waals surface area contributed by atoms with Gasteiger partial charge < -0.3 is 11.1 Å². The zero-order valence-corrected chi connectivity index (χ0v) is 14.4. The summed E-state index contributed by atoms with van der Waals surface area (Å²) < 4.78 is 14.2. The second-order valence-electron chi connectivity index (χ2n) is 5.19. The van der Waals surface area contributed by atoms with Crippen LogP contribution < -0.4 is 11.1 Å². The van der Waals surface area contributed by atoms with Crippen LogP contribution in [0.15, 0.2) is 29.6 Å². The molecule has 4 nitrogen and oxygen atoms in total. The molecule has 0 aliphatic rings. The third kappa shape index (κ3) is 3.61. The summed E-state index contributed by atoms with van der Waals surface area (Å²) >= 11 is 14.1. The predicted molar refractivity (Wildman–Crippen MR) is 94.5 cm³/mol. The first-order valence-electron chi connectivity index (χ1n) is 7.03. The molecule has 0 aliphatic carbocycles. The summed E-state index contributed by atoms with van der Waals surface area (Å²) in [7, 11) is 0. The summed E-state index contributed by atoms with van der Waals surface area (Å²) in [5.41, 5.74) is 8.05. The lowest BCUT2D eigenvalue weighted by Crippen LogP contribution is -2.24. The molecule has 3 aromatic rings. The smallest absolute Gasteiger partial charge is 0.152 e. The minimum absolute atomic E-state index is 0.324. The fourth-order valence-corrected chi connectivity index (χ4v) is 3.44. The topological polar surface area (TPSA) is 55.3 Å². The maximum absolute atomic E-state index is 12.7. The minimum Gasteiger partial charge on any atom is -0.378 e. The third-order valence-electron chi connectivity index (χ3n) is 3.44. The summed E-state index contributed by atoms with van der Waals surface area (Å²) in [6, 6.07) is 7.09. The fourth-order valence-electron chi connectivity index (χ4n) is 2.35. The molecular formula is C15H15Cl2FN4S. The lowest BCUT2D eigenvalue weighted by Gasteiger charge is -2.08. The summed E-state index contributed by atoms with van der Waals surface area (Å²) in [4.78, 5) is 1.20. The summed E-state index contributed by atoms with van der Waals surface area (Å²) in [6.45, 7) is 0.0794. The van der Waals surface area contributed by atoms with Crippen LogP contribution in [0.3, 0.4) is 0 Å². The number of hydrogen-bond donors (Lipinski definition) is 2. The molecule has 0 bridgehead atoms. The monoisotopic (exact) mass is 372 g/mol. The van der Waals surface area contributed by atoms with Crippen LogP contribution >= 0.6 is 34.5 Å². The number of nitrogens with one attached hydrogen (secondary N) is 1. The van der Waals surface area contributed by atoms with Crippen molar-refractivity contribution in [1.82, 2.24) is 9.61 Å². The van der Waals surface area contributed by atoms with Gasteiger partial charge in [0.25, 0.3) is 0 Å². The van der Waals surface area contributed by atoms with E-state index in [0.717, 1.165) is 16.8 Å². The van der Waals surface area contributed by atoms with Crippen molar-refractivity contribution >= 4 is 45.7 Å². The molecule has 8 heteroatoms. The first-order valence-corrected chi connectivity index (χ1v) is 8.66. The number of halogens is 3. The van der Waals surface area contributed by atoms with E-state index in [9.17, 15) is 4.39 Å². The Bertz CT molecular complexity index is 804. The van der Waals surface area contributed by atoms with Gasteiger partial charge in [-0.3, -0.25) is 0 Å². The maximum atomic E-state index is 12.7. The molecule has 122 valence electrons. The Morgan fingerprint density at radius 2 is 2.22 bits per heavy atom. The van der Waals surface area contributed by atoms with Gasteiger partial charge in [0, 0.05) is 23.5 Å². The number of anilines is 1. The van der Waals surface area contributed by atoms with Crippen LogP contribution in [0.4, 0.5) is 10.1 Å². The molecule has 3 aromatic heterocycles. The van der Waals surface area contributed by atoms with E-state index in [4.69, 9.17) is 28.9 Å². The number of nitrogens with two attached hydrogens (primary N) is 1. The Morgan fingerprint density at radius 3 is 2.91 bits per heavy atom. The number of thiophene rings is 1. The first kappa shape index (κ1) is 16.5. The lowest BCUT2D eigenvalue weighted by molar-refractivity contribution is 0.427. The average Bonchev–Trinajstić information content (AvgIpc) is 3.15. The Hall–Kier alpha value is -1.34. The van der Waals surface area contributed by atoms with Crippen LogP contribution in [0, 0.1) is 0 Å². The number of fused-ring (bicyclic) bond motifs is 1. The van der Waals surface area contributed by atoms with Gasteiger partial charge in [-0.1, -0.05) is 29.3 Å². The standard InChI is InChI=1S/C15H15Cl2FN4S/c16-14-6-12(20-8-11-2-1-3-23-11)13-5-9(4-10(19)7-18)15(17)22(13)21-14/h1-3,5-6,10,20H,4,7-8,19H2/t10-/m1/s1. The zero-order chi connectivity index (χ0) is 16.4. The van der Waals surface area contributed by atoms with Crippen molar-refractivity contribution in [3.63, 3.8) is 0 Å². The van der Waals surface area contributed by atoms with Crippen LogP contribution in [0.5, 0.6) is 0 Å². The Kier molecular flexibility index (Phi) is 5.06. The minimum atomic E-state index is -0.597. The van der Waals surface area contributed by atoms with Gasteiger partial charge in [-0.25, -0.2) is 8.91 Å². The van der Waals surface area contributed by atoms with Gasteiger partial charge in [-0.05, 0) is 29.5 Å². The third-order valence-corrected chi connectivity index (χ3v) is 4.90. The highest BCUT2D eigenvalue weighted by Crippen LogP contribution is 2.29. The van der Waals surface area contributed by atoms with E-state index in [1.165, 1.54) is 4.88 Å². The number of nitrogens with zero attached hydrogens (tertiary/aromatic N) is 2. The van der Waals surface area contributed by atoms with Crippen molar-refractivity contribution in [2.75, 3.05) is 12.0 Å². The largest absolute Gasteiger partial charge is 0.378 e. The second-order valence-corrected chi connectivity index (χ2v) is 6.97. The molecule has 0 amide bonds. The van der Waals surface area contributed by atoms with Gasteiger partial charge in [-0.15, -0.1) is 11.3 Å². The van der Waals surface area contributed by atoms with Crippen LogP contribution in [0.1, 0.15) is 10.4 Å². The van der Waals surface area contributed by atoms with Gasteiger partial charge >= 0.3 is 0 Å². The van der Waals surface area contributed by atoms with E-state index in [2.05, 4.69) is 16.5 Å². The first-order chi connectivity index (χ1) is 11.1. The van der Waals surface area contributed by atoms with Gasteiger partial charge in [-0.2, -0.15) is 5.10 Å². The average molecular weight is 373 g/mol. The van der Waals surface area contributed by atoms with E-state index < -0.39 is 12.7 Å². The van der Waals surface area contributed by atoms with Crippen LogP contribution in [0.2, 0.25) is 10.3 Å². The van der Waals surface area contributed by atoms with Crippen molar-refractivity contribution in [2.45, 2.75) is 19.0 Å². The fraction of sp³-hybridized carbons (Fsp3) is 0.267. The molecule has 0 saturated carbocycles. The molecule has 23 heavy (non-hydrogen) atoms. The molecule has 3 heterocycles. The molecule has 3 rings (SSSR count). The Morgan fingerprint density at radius 1 is 1.39 bits per heavy atom. The summed E-state index contributed by atoms with van der Waals surface area (Å²) in [5.74, 6) is 0. The predicted octanol–water partition coefficient (Wildman–Crippen LogP) is 4.15. The highest BCUT2D eigenvalue weighted by molar-refractivity contribution is 7.09. The molecule has 0 aromatic carbocycles. The second kappa shape index (κ2) is 7.05. The summed E-state index contributed by atoms with van der Waals surface area (Å²) in [5, 5.41) is 10.3. The van der Waals surface area contributed by atoms with E-state index in [1.54, 1.807) is 21.9 Å².